The number of hydrogen-bond acceptors (Lipinski definition) is 7. The van der Waals surface area contributed by atoms with Crippen molar-refractivity contribution in [3.63, 3.8) is 0 Å². The molecule has 1 unspecified atom stereocenters. The Morgan fingerprint density at radius 1 is 0.944 bits per heavy atom. The number of nitrogens with zero attached hydrogens (tertiary/aromatic N) is 2. The molecule has 10 heteroatoms. The third kappa shape index (κ3) is 9.41. The number of aromatic nitrogens is 2. The van der Waals surface area contributed by atoms with Crippen LogP contribution in [0.5, 0.6) is 0 Å². The number of benzene rings is 1. The number of halogens is 1. The van der Waals surface area contributed by atoms with E-state index < -0.39 is 6.10 Å². The molecular weight excluding hydrogens is 463 g/mol. The third-order valence-corrected chi connectivity index (χ3v) is 6.09. The van der Waals surface area contributed by atoms with E-state index in [1.807, 2.05) is 0 Å². The van der Waals surface area contributed by atoms with Gasteiger partial charge in [0.15, 0.2) is 0 Å². The molecule has 9 nitrogen and oxygen atoms in total. The first-order chi connectivity index (χ1) is 17.5. The first-order valence-electron chi connectivity index (χ1n) is 12.9. The van der Waals surface area contributed by atoms with Crippen molar-refractivity contribution in [2.24, 2.45) is 0 Å². The Hall–Kier alpha value is -3.27. The minimum atomic E-state index is -1.07. The number of hydrogen-bond donors (Lipinski definition) is 5. The predicted octanol–water partition coefficient (Wildman–Crippen LogP) is 3.37. The van der Waals surface area contributed by atoms with E-state index in [9.17, 15) is 19.1 Å². The van der Waals surface area contributed by atoms with Crippen molar-refractivity contribution in [1.29, 1.82) is 0 Å². The van der Waals surface area contributed by atoms with Gasteiger partial charge >= 0.3 is 0 Å². The summed E-state index contributed by atoms with van der Waals surface area (Å²) < 4.78 is 13.1. The smallest absolute Gasteiger partial charge is 0.256 e. The second-order valence-electron chi connectivity index (χ2n) is 9.04. The maximum atomic E-state index is 13.1. The van der Waals surface area contributed by atoms with Crippen LogP contribution in [0, 0.1) is 5.82 Å². The zero-order valence-electron chi connectivity index (χ0n) is 20.7. The Balaban J connectivity index is 1.64. The molecule has 1 atom stereocenters. The lowest BCUT2D eigenvalue weighted by Crippen LogP contribution is -2.35. The Morgan fingerprint density at radius 3 is 2.31 bits per heavy atom. The van der Waals surface area contributed by atoms with Gasteiger partial charge in [-0.15, -0.1) is 0 Å². The SMILES string of the molecule is O=C(NCc1ccc(F)cc1)c1cnc2nc1NCCCC(O)C(=O)NCCCCCCCCCN2. The molecule has 0 spiro atoms. The average Bonchev–Trinajstić information content (AvgIpc) is 2.88. The molecule has 0 fully saturated rings. The van der Waals surface area contributed by atoms with Crippen LogP contribution in [0.25, 0.3) is 0 Å². The highest BCUT2D eigenvalue weighted by molar-refractivity contribution is 5.98. The first-order valence-corrected chi connectivity index (χ1v) is 12.9. The van der Waals surface area contributed by atoms with Crippen LogP contribution in [0.1, 0.15) is 73.7 Å². The number of anilines is 2. The molecule has 2 aromatic rings. The van der Waals surface area contributed by atoms with Crippen LogP contribution in [0.4, 0.5) is 16.2 Å². The predicted molar refractivity (Wildman–Crippen MR) is 137 cm³/mol. The fraction of sp³-hybridized carbons (Fsp3) is 0.538. The number of aliphatic hydroxyl groups excluding tert-OH is 1. The lowest BCUT2D eigenvalue weighted by molar-refractivity contribution is -0.129. The summed E-state index contributed by atoms with van der Waals surface area (Å²) in [6.07, 6.45) is 8.73. The minimum absolute atomic E-state index is 0.236. The molecule has 2 amide bonds. The van der Waals surface area contributed by atoms with Gasteiger partial charge in [-0.1, -0.05) is 44.2 Å². The average molecular weight is 501 g/mol. The maximum absolute atomic E-state index is 13.1. The highest BCUT2D eigenvalue weighted by atomic mass is 19.1. The highest BCUT2D eigenvalue weighted by Crippen LogP contribution is 2.16. The summed E-state index contributed by atoms with van der Waals surface area (Å²) in [7, 11) is 0. The molecule has 1 aliphatic rings. The number of aliphatic hydroxyl groups is 1. The quantitative estimate of drug-likeness (QED) is 0.437. The molecule has 36 heavy (non-hydrogen) atoms. The summed E-state index contributed by atoms with van der Waals surface area (Å²) in [5.74, 6) is -0.237. The van der Waals surface area contributed by atoms with Crippen LogP contribution < -0.4 is 21.3 Å². The van der Waals surface area contributed by atoms with Gasteiger partial charge < -0.3 is 26.4 Å². The van der Waals surface area contributed by atoms with Gasteiger partial charge in [-0.2, -0.15) is 4.98 Å². The molecule has 196 valence electrons. The number of carbonyl (C=O) groups is 2. The van der Waals surface area contributed by atoms with E-state index in [1.54, 1.807) is 12.1 Å². The van der Waals surface area contributed by atoms with Crippen molar-refractivity contribution in [2.75, 3.05) is 30.3 Å². The number of rotatable bonds is 3. The molecule has 0 aliphatic carbocycles. The van der Waals surface area contributed by atoms with E-state index in [2.05, 4.69) is 31.2 Å². The number of nitrogens with one attached hydrogen (secondary N) is 4. The number of amides is 2. The Morgan fingerprint density at radius 2 is 1.58 bits per heavy atom. The van der Waals surface area contributed by atoms with Gasteiger partial charge in [-0.25, -0.2) is 9.37 Å². The normalized spacial score (nSPS) is 18.7. The zero-order chi connectivity index (χ0) is 25.6. The van der Waals surface area contributed by atoms with E-state index in [0.717, 1.165) is 57.1 Å². The van der Waals surface area contributed by atoms with Gasteiger partial charge in [0, 0.05) is 32.4 Å². The van der Waals surface area contributed by atoms with Crippen molar-refractivity contribution < 1.29 is 19.1 Å². The summed E-state index contributed by atoms with van der Waals surface area (Å²) in [4.78, 5) is 33.8. The Bertz CT molecular complexity index is 973. The Kier molecular flexibility index (Phi) is 11.4. The number of carbonyl (C=O) groups excluding carboxylic acids is 2. The summed E-state index contributed by atoms with van der Waals surface area (Å²) in [6.45, 7) is 1.98. The lowest BCUT2D eigenvalue weighted by atomic mass is 10.1. The summed E-state index contributed by atoms with van der Waals surface area (Å²) in [6, 6.07) is 5.92. The molecule has 3 rings (SSSR count). The first kappa shape index (κ1) is 27.3. The van der Waals surface area contributed by atoms with E-state index in [0.29, 0.717) is 37.7 Å². The van der Waals surface area contributed by atoms with Gasteiger partial charge in [0.25, 0.3) is 5.91 Å². The van der Waals surface area contributed by atoms with Crippen molar-refractivity contribution in [3.05, 3.63) is 47.4 Å². The number of fused-ring (bicyclic) bond motifs is 2. The molecular formula is C26H37FN6O3. The van der Waals surface area contributed by atoms with Crippen LogP contribution in [0.15, 0.2) is 30.5 Å². The molecule has 0 radical (unpaired) electrons. The molecule has 1 aliphatic heterocycles. The van der Waals surface area contributed by atoms with Crippen LogP contribution in [0.3, 0.4) is 0 Å². The van der Waals surface area contributed by atoms with E-state index in [1.165, 1.54) is 18.3 Å². The molecule has 0 saturated heterocycles. The van der Waals surface area contributed by atoms with Crippen LogP contribution >= 0.6 is 0 Å². The summed E-state index contributed by atoms with van der Waals surface area (Å²) in [5, 5.41) is 22.1. The van der Waals surface area contributed by atoms with Crippen molar-refractivity contribution >= 4 is 23.6 Å². The van der Waals surface area contributed by atoms with Gasteiger partial charge in [-0.3, -0.25) is 9.59 Å². The molecule has 2 heterocycles. The van der Waals surface area contributed by atoms with E-state index in [4.69, 9.17) is 0 Å². The third-order valence-electron chi connectivity index (χ3n) is 6.09. The topological polar surface area (TPSA) is 128 Å². The highest BCUT2D eigenvalue weighted by Gasteiger charge is 2.17. The van der Waals surface area contributed by atoms with Crippen molar-refractivity contribution in [2.45, 2.75) is 70.4 Å². The van der Waals surface area contributed by atoms with Crippen LogP contribution in [-0.2, 0) is 11.3 Å². The minimum Gasteiger partial charge on any atom is -0.383 e. The van der Waals surface area contributed by atoms with E-state index >= 15 is 0 Å². The zero-order valence-corrected chi connectivity index (χ0v) is 20.7. The lowest BCUT2D eigenvalue weighted by Gasteiger charge is -2.15. The van der Waals surface area contributed by atoms with Crippen LogP contribution in [-0.4, -0.2) is 52.6 Å². The maximum Gasteiger partial charge on any atom is 0.256 e. The molecule has 1 aromatic carbocycles. The van der Waals surface area contributed by atoms with Crippen molar-refractivity contribution in [3.8, 4) is 0 Å². The fourth-order valence-electron chi connectivity index (χ4n) is 3.94. The molecule has 2 bridgehead atoms. The second-order valence-corrected chi connectivity index (χ2v) is 9.04. The monoisotopic (exact) mass is 500 g/mol. The second kappa shape index (κ2) is 15.0. The summed E-state index contributed by atoms with van der Waals surface area (Å²) >= 11 is 0. The molecule has 0 saturated carbocycles. The van der Waals surface area contributed by atoms with Gasteiger partial charge in [0.1, 0.15) is 23.3 Å². The standard InChI is InChI=1S/C26H37FN6O3/c27-20-12-10-19(11-13-20)17-31-24(35)21-18-32-26-30-15-7-5-3-1-2-4-6-14-29-25(36)22(34)9-8-16-28-23(21)33-26/h10-13,18,22,34H,1-9,14-17H2,(H,29,36)(H,31,35)(H2,28,30,32,33). The van der Waals surface area contributed by atoms with Gasteiger partial charge in [0.05, 0.1) is 0 Å². The Labute approximate surface area is 211 Å². The van der Waals surface area contributed by atoms with E-state index in [-0.39, 0.29) is 29.7 Å². The van der Waals surface area contributed by atoms with Gasteiger partial charge in [0.2, 0.25) is 11.9 Å². The van der Waals surface area contributed by atoms with Gasteiger partial charge in [-0.05, 0) is 43.4 Å². The molecule has 5 N–H and O–H groups in total. The molecule has 1 aromatic heterocycles. The van der Waals surface area contributed by atoms with Crippen LogP contribution in [0.2, 0.25) is 0 Å². The largest absolute Gasteiger partial charge is 0.383 e. The van der Waals surface area contributed by atoms with Crippen molar-refractivity contribution in [1.82, 2.24) is 20.6 Å². The summed E-state index contributed by atoms with van der Waals surface area (Å²) in [5.41, 5.74) is 1.05. The fourth-order valence-corrected chi connectivity index (χ4v) is 3.94.